The van der Waals surface area contributed by atoms with E-state index in [1.807, 2.05) is 0 Å². The molecule has 0 saturated heterocycles. The molecular weight excluding hydrogens is 860 g/mol. The number of hydrogen-bond donors (Lipinski definition) is 8. The summed E-state index contributed by atoms with van der Waals surface area (Å²) in [7, 11) is 0. The number of anilines is 2. The Morgan fingerprint density at radius 1 is 0.375 bits per heavy atom. The van der Waals surface area contributed by atoms with Crippen LogP contribution in [0.5, 0.6) is 17.2 Å². The number of carboxylic acid groups (broad SMARTS) is 3. The first-order valence-electron chi connectivity index (χ1n) is 17.6. The third-order valence-electron chi connectivity index (χ3n) is 9.10. The van der Waals surface area contributed by atoms with Crippen molar-refractivity contribution in [1.82, 2.24) is 0 Å². The van der Waals surface area contributed by atoms with Crippen LogP contribution in [0.1, 0.15) is 72.5 Å². The second kappa shape index (κ2) is 17.8. The Morgan fingerprint density at radius 2 is 0.750 bits per heavy atom. The maximum atomic E-state index is 13.9. The van der Waals surface area contributed by atoms with Gasteiger partial charge >= 0.3 is 29.8 Å². The van der Waals surface area contributed by atoms with E-state index in [1.54, 1.807) is 0 Å². The predicted octanol–water partition coefficient (Wildman–Crippen LogP) is 7.22. The van der Waals surface area contributed by atoms with Gasteiger partial charge in [-0.3, -0.25) is 9.59 Å². The molecule has 21 heteroatoms. The summed E-state index contributed by atoms with van der Waals surface area (Å²) in [6, 6.07) is 14.2. The van der Waals surface area contributed by atoms with E-state index in [1.165, 1.54) is 18.2 Å². The zero-order valence-corrected chi connectivity index (χ0v) is 31.6. The van der Waals surface area contributed by atoms with E-state index in [0.29, 0.717) is 24.3 Å². The average Bonchev–Trinajstić information content (AvgIpc) is 3.24. The quantitative estimate of drug-likeness (QED) is 0.0276. The van der Waals surface area contributed by atoms with Crippen molar-refractivity contribution in [2.75, 3.05) is 10.6 Å². The summed E-state index contributed by atoms with van der Waals surface area (Å²) in [4.78, 5) is 97.7. The van der Waals surface area contributed by atoms with Gasteiger partial charge in [0.2, 0.25) is 0 Å². The van der Waals surface area contributed by atoms with Crippen LogP contribution in [0.3, 0.4) is 0 Å². The molecule has 8 N–H and O–H groups in total. The monoisotopic (exact) mass is 884 g/mol. The zero-order valence-electron chi connectivity index (χ0n) is 31.6. The van der Waals surface area contributed by atoms with Gasteiger partial charge in [0.15, 0.2) is 23.3 Å². The number of carbonyl (C=O) groups is 7. The smallest absolute Gasteiger partial charge is 0.390 e. The zero-order chi connectivity index (χ0) is 46.7. The summed E-state index contributed by atoms with van der Waals surface area (Å²) in [5, 5.41) is 65.1. The SMILES string of the molecule is O=C(OOC(=O)c1cc(C(=O)Nc2cc(-c3ccc(F)c(F)c3)ccc2C(=O)O)c(C(=O)O)cc1O)c1cc(C(=O)O)c(C(=O)Nc2cc(-c3ccc(F)c(F)c3)ccc2O)cc1O. The normalized spacial score (nSPS) is 10.7. The highest BCUT2D eigenvalue weighted by molar-refractivity contribution is 6.15. The molecule has 324 valence electrons. The van der Waals surface area contributed by atoms with Crippen LogP contribution >= 0.6 is 0 Å². The predicted molar refractivity (Wildman–Crippen MR) is 209 cm³/mol. The second-order valence-corrected chi connectivity index (χ2v) is 13.1. The van der Waals surface area contributed by atoms with Gasteiger partial charge in [0.1, 0.15) is 28.4 Å². The Hall–Kier alpha value is -9.27. The molecular formula is C43H24F4N2O15. The van der Waals surface area contributed by atoms with E-state index < -0.39 is 127 Å². The molecule has 0 aliphatic carbocycles. The molecule has 0 saturated carbocycles. The van der Waals surface area contributed by atoms with E-state index in [0.717, 1.165) is 54.6 Å². The first-order valence-corrected chi connectivity index (χ1v) is 17.6. The molecule has 0 unspecified atom stereocenters. The van der Waals surface area contributed by atoms with Crippen molar-refractivity contribution < 1.29 is 91.5 Å². The number of amides is 2. The van der Waals surface area contributed by atoms with Gasteiger partial charge < -0.3 is 41.3 Å². The van der Waals surface area contributed by atoms with Crippen LogP contribution in [0.4, 0.5) is 28.9 Å². The standard InChI is InChI=1S/C43H24F4N2O15/c44-28-6-2-17(9-30(28)46)19-1-5-21(39(55)56)32(11-19)48-37(53)22-13-26(36(52)16-25(22)41(59)60)42(61)63-64-43(62)27-14-24(40(57)58)23(15-35(27)51)38(54)49-33-12-20(4-8-34(33)50)18-3-7-29(45)31(47)10-18/h1-16,50-52H,(H,48,53)(H,49,54)(H,55,56)(H,57,58)(H,59,60). The molecule has 0 heterocycles. The fourth-order valence-corrected chi connectivity index (χ4v) is 5.96. The van der Waals surface area contributed by atoms with Gasteiger partial charge in [-0.25, -0.2) is 51.3 Å². The van der Waals surface area contributed by atoms with Crippen molar-refractivity contribution >= 4 is 53.0 Å². The van der Waals surface area contributed by atoms with Gasteiger partial charge in [0.25, 0.3) is 11.8 Å². The number of halogens is 4. The molecule has 0 fully saturated rings. The summed E-state index contributed by atoms with van der Waals surface area (Å²) in [5.74, 6) is -19.1. The topological polar surface area (TPSA) is 283 Å². The van der Waals surface area contributed by atoms with Crippen LogP contribution in [-0.4, -0.2) is 72.3 Å². The van der Waals surface area contributed by atoms with E-state index >= 15 is 0 Å². The molecule has 0 aliphatic rings. The number of hydrogen-bond acceptors (Lipinski definition) is 12. The van der Waals surface area contributed by atoms with Crippen molar-refractivity contribution in [2.24, 2.45) is 0 Å². The fraction of sp³-hybridized carbons (Fsp3) is 0. The molecule has 0 radical (unpaired) electrons. The number of aromatic carboxylic acids is 3. The van der Waals surface area contributed by atoms with E-state index in [9.17, 15) is 81.8 Å². The van der Waals surface area contributed by atoms with Crippen molar-refractivity contribution in [1.29, 1.82) is 0 Å². The molecule has 2 amide bonds. The molecule has 0 spiro atoms. The van der Waals surface area contributed by atoms with Gasteiger partial charge in [-0.05, 0) is 95.1 Å². The van der Waals surface area contributed by atoms with Crippen LogP contribution in [0.2, 0.25) is 0 Å². The first kappa shape index (κ1) is 44.3. The first-order chi connectivity index (χ1) is 30.2. The van der Waals surface area contributed by atoms with E-state index in [-0.39, 0.29) is 27.9 Å². The fourth-order valence-electron chi connectivity index (χ4n) is 5.96. The van der Waals surface area contributed by atoms with Gasteiger partial charge in [-0.1, -0.05) is 24.3 Å². The second-order valence-electron chi connectivity index (χ2n) is 13.1. The van der Waals surface area contributed by atoms with Crippen molar-refractivity contribution in [2.45, 2.75) is 0 Å². The van der Waals surface area contributed by atoms with Crippen molar-refractivity contribution in [3.63, 3.8) is 0 Å². The minimum Gasteiger partial charge on any atom is -0.507 e. The highest BCUT2D eigenvalue weighted by Crippen LogP contribution is 2.33. The minimum absolute atomic E-state index is 0.0411. The number of nitrogens with one attached hydrogen (secondary N) is 2. The van der Waals surface area contributed by atoms with Gasteiger partial charge in [-0.2, -0.15) is 0 Å². The number of phenolic OH excluding ortho intramolecular Hbond substituents is 3. The van der Waals surface area contributed by atoms with E-state index in [2.05, 4.69) is 20.4 Å². The molecule has 0 bridgehead atoms. The Morgan fingerprint density at radius 3 is 1.23 bits per heavy atom. The summed E-state index contributed by atoms with van der Waals surface area (Å²) >= 11 is 0. The van der Waals surface area contributed by atoms with Crippen LogP contribution in [0.25, 0.3) is 22.3 Å². The van der Waals surface area contributed by atoms with E-state index in [4.69, 9.17) is 0 Å². The summed E-state index contributed by atoms with van der Waals surface area (Å²) in [5.41, 5.74) is -6.64. The third-order valence-corrected chi connectivity index (χ3v) is 9.10. The van der Waals surface area contributed by atoms with Crippen LogP contribution in [0.15, 0.2) is 97.1 Å². The molecule has 0 aromatic heterocycles. The van der Waals surface area contributed by atoms with Gasteiger partial charge in [0.05, 0.1) is 39.2 Å². The lowest BCUT2D eigenvalue weighted by molar-refractivity contribution is -0.187. The maximum Gasteiger partial charge on any atom is 0.390 e. The molecule has 64 heavy (non-hydrogen) atoms. The number of phenols is 3. The number of carboxylic acids is 3. The Labute approximate surface area is 353 Å². The molecule has 6 rings (SSSR count). The summed E-state index contributed by atoms with van der Waals surface area (Å²) in [6.45, 7) is 0. The number of benzene rings is 6. The largest absolute Gasteiger partial charge is 0.507 e. The lowest BCUT2D eigenvalue weighted by atomic mass is 10.00. The highest BCUT2D eigenvalue weighted by Gasteiger charge is 2.29. The lowest BCUT2D eigenvalue weighted by Gasteiger charge is -2.14. The van der Waals surface area contributed by atoms with Crippen molar-refractivity contribution in [3.8, 4) is 39.5 Å². The maximum absolute atomic E-state index is 13.9. The summed E-state index contributed by atoms with van der Waals surface area (Å²) in [6.07, 6.45) is 0. The molecule has 0 aliphatic heterocycles. The van der Waals surface area contributed by atoms with Gasteiger partial charge in [0, 0.05) is 0 Å². The molecule has 0 atom stereocenters. The number of aromatic hydroxyl groups is 3. The van der Waals surface area contributed by atoms with Crippen LogP contribution in [0, 0.1) is 23.3 Å². The Bertz CT molecular complexity index is 3010. The molecule has 17 nitrogen and oxygen atoms in total. The van der Waals surface area contributed by atoms with Crippen molar-refractivity contribution in [3.05, 3.63) is 159 Å². The Balaban J connectivity index is 1.22. The molecule has 6 aromatic carbocycles. The van der Waals surface area contributed by atoms with Crippen LogP contribution < -0.4 is 10.6 Å². The minimum atomic E-state index is -1.85. The third kappa shape index (κ3) is 9.22. The molecule has 6 aromatic rings. The van der Waals surface area contributed by atoms with Crippen LogP contribution in [-0.2, 0) is 9.78 Å². The number of carbonyl (C=O) groups excluding carboxylic acids is 4. The lowest BCUT2D eigenvalue weighted by Crippen LogP contribution is -2.20. The highest BCUT2D eigenvalue weighted by atomic mass is 19.2. The van der Waals surface area contributed by atoms with Gasteiger partial charge in [-0.15, -0.1) is 0 Å². The summed E-state index contributed by atoms with van der Waals surface area (Å²) < 4.78 is 54.8. The number of rotatable bonds is 11. The Kier molecular flexibility index (Phi) is 12.3. The average molecular weight is 885 g/mol.